The van der Waals surface area contributed by atoms with E-state index in [0.717, 1.165) is 25.9 Å². The highest BCUT2D eigenvalue weighted by atomic mass is 16.4. The Morgan fingerprint density at radius 1 is 1.35 bits per heavy atom. The highest BCUT2D eigenvalue weighted by Gasteiger charge is 2.26. The second-order valence-corrected chi connectivity index (χ2v) is 5.66. The Morgan fingerprint density at radius 2 is 1.95 bits per heavy atom. The first-order chi connectivity index (χ1) is 9.58. The van der Waals surface area contributed by atoms with Gasteiger partial charge in [-0.1, -0.05) is 30.3 Å². The van der Waals surface area contributed by atoms with Crippen LogP contribution >= 0.6 is 0 Å². The summed E-state index contributed by atoms with van der Waals surface area (Å²) in [7, 11) is 1.91. The van der Waals surface area contributed by atoms with Gasteiger partial charge in [0.1, 0.15) is 0 Å². The van der Waals surface area contributed by atoms with Crippen molar-refractivity contribution < 1.29 is 9.90 Å². The lowest BCUT2D eigenvalue weighted by Gasteiger charge is -2.39. The quantitative estimate of drug-likeness (QED) is 0.895. The van der Waals surface area contributed by atoms with Crippen molar-refractivity contribution in [1.29, 1.82) is 0 Å². The minimum atomic E-state index is -0.743. The lowest BCUT2D eigenvalue weighted by molar-refractivity contribution is -0.138. The van der Waals surface area contributed by atoms with E-state index < -0.39 is 5.97 Å². The fraction of sp³-hybridized carbons (Fsp3) is 0.562. The lowest BCUT2D eigenvalue weighted by atomic mass is 9.99. The molecular formula is C16H24N2O2. The SMILES string of the molecule is CC(c1ccccc1)N1CCC(N(C)CC(=O)O)CC1. The maximum Gasteiger partial charge on any atom is 0.317 e. The predicted molar refractivity (Wildman–Crippen MR) is 79.7 cm³/mol. The van der Waals surface area contributed by atoms with Crippen LogP contribution in [0.5, 0.6) is 0 Å². The number of carboxylic acids is 1. The van der Waals surface area contributed by atoms with Gasteiger partial charge in [0.05, 0.1) is 6.54 Å². The monoisotopic (exact) mass is 276 g/mol. The van der Waals surface area contributed by atoms with E-state index in [1.165, 1.54) is 5.56 Å². The number of nitrogens with zero attached hydrogens (tertiary/aromatic N) is 2. The van der Waals surface area contributed by atoms with Crippen LogP contribution in [0.25, 0.3) is 0 Å². The van der Waals surface area contributed by atoms with Crippen molar-refractivity contribution in [2.75, 3.05) is 26.7 Å². The molecule has 0 spiro atoms. The molecule has 1 N–H and O–H groups in total. The van der Waals surface area contributed by atoms with Crippen LogP contribution in [0.3, 0.4) is 0 Å². The van der Waals surface area contributed by atoms with Crippen LogP contribution in [0.1, 0.15) is 31.4 Å². The van der Waals surface area contributed by atoms with Crippen molar-refractivity contribution in [3.05, 3.63) is 35.9 Å². The van der Waals surface area contributed by atoms with Crippen molar-refractivity contribution in [2.24, 2.45) is 0 Å². The molecule has 1 aliphatic rings. The Bertz CT molecular complexity index is 427. The number of aliphatic carboxylic acids is 1. The van der Waals surface area contributed by atoms with Crippen molar-refractivity contribution in [3.8, 4) is 0 Å². The zero-order chi connectivity index (χ0) is 14.5. The van der Waals surface area contributed by atoms with Crippen molar-refractivity contribution in [3.63, 3.8) is 0 Å². The number of carboxylic acid groups (broad SMARTS) is 1. The highest BCUT2D eigenvalue weighted by molar-refractivity contribution is 5.69. The topological polar surface area (TPSA) is 43.8 Å². The van der Waals surface area contributed by atoms with Gasteiger partial charge in [-0.3, -0.25) is 14.6 Å². The molecule has 110 valence electrons. The van der Waals surface area contributed by atoms with Gasteiger partial charge in [0.25, 0.3) is 0 Å². The molecule has 2 rings (SSSR count). The number of hydrogen-bond donors (Lipinski definition) is 1. The molecular weight excluding hydrogens is 252 g/mol. The zero-order valence-electron chi connectivity index (χ0n) is 12.3. The van der Waals surface area contributed by atoms with Gasteiger partial charge >= 0.3 is 5.97 Å². The Kier molecular flexibility index (Phi) is 5.15. The van der Waals surface area contributed by atoms with Gasteiger partial charge in [0.2, 0.25) is 0 Å². The standard InChI is InChI=1S/C16H24N2O2/c1-13(14-6-4-3-5-7-14)18-10-8-15(9-11-18)17(2)12-16(19)20/h3-7,13,15H,8-12H2,1-2H3,(H,19,20). The van der Waals surface area contributed by atoms with E-state index in [0.29, 0.717) is 12.1 Å². The van der Waals surface area contributed by atoms with Crippen LogP contribution in [0.4, 0.5) is 0 Å². The first-order valence-corrected chi connectivity index (χ1v) is 7.29. The molecule has 0 radical (unpaired) electrons. The van der Waals surface area contributed by atoms with Gasteiger partial charge in [-0.15, -0.1) is 0 Å². The molecule has 1 unspecified atom stereocenters. The fourth-order valence-corrected chi connectivity index (χ4v) is 3.00. The average Bonchev–Trinajstić information content (AvgIpc) is 2.47. The molecule has 0 bridgehead atoms. The van der Waals surface area contributed by atoms with Crippen molar-refractivity contribution in [1.82, 2.24) is 9.80 Å². The summed E-state index contributed by atoms with van der Waals surface area (Å²) in [4.78, 5) is 15.2. The molecule has 0 amide bonds. The third-order valence-electron chi connectivity index (χ3n) is 4.34. The Balaban J connectivity index is 1.86. The second-order valence-electron chi connectivity index (χ2n) is 5.66. The zero-order valence-corrected chi connectivity index (χ0v) is 12.3. The molecule has 0 aliphatic carbocycles. The summed E-state index contributed by atoms with van der Waals surface area (Å²) >= 11 is 0. The third kappa shape index (κ3) is 3.81. The first-order valence-electron chi connectivity index (χ1n) is 7.29. The maximum atomic E-state index is 10.8. The molecule has 0 aromatic heterocycles. The normalized spacial score (nSPS) is 19.1. The highest BCUT2D eigenvalue weighted by Crippen LogP contribution is 2.25. The largest absolute Gasteiger partial charge is 0.480 e. The van der Waals surface area contributed by atoms with E-state index in [1.807, 2.05) is 18.0 Å². The summed E-state index contributed by atoms with van der Waals surface area (Å²) in [6.07, 6.45) is 2.09. The summed E-state index contributed by atoms with van der Waals surface area (Å²) in [5.74, 6) is -0.743. The maximum absolute atomic E-state index is 10.8. The summed E-state index contributed by atoms with van der Waals surface area (Å²) in [5, 5.41) is 8.85. The molecule has 1 fully saturated rings. The van der Waals surface area contributed by atoms with Gasteiger partial charge in [-0.05, 0) is 32.4 Å². The van der Waals surface area contributed by atoms with E-state index in [2.05, 4.69) is 36.1 Å². The van der Waals surface area contributed by atoms with Crippen LogP contribution in [0, 0.1) is 0 Å². The molecule has 20 heavy (non-hydrogen) atoms. The van der Waals surface area contributed by atoms with E-state index in [1.54, 1.807) is 0 Å². The molecule has 1 aromatic rings. The number of benzene rings is 1. The number of likely N-dealkylation sites (N-methyl/N-ethyl adjacent to an activating group) is 1. The molecule has 1 saturated heterocycles. The van der Waals surface area contributed by atoms with Crippen LogP contribution in [-0.4, -0.2) is 53.6 Å². The number of rotatable bonds is 5. The van der Waals surface area contributed by atoms with Crippen molar-refractivity contribution in [2.45, 2.75) is 31.8 Å². The molecule has 1 aliphatic heterocycles. The van der Waals surface area contributed by atoms with Crippen LogP contribution in [-0.2, 0) is 4.79 Å². The van der Waals surface area contributed by atoms with E-state index in [4.69, 9.17) is 5.11 Å². The number of hydrogen-bond acceptors (Lipinski definition) is 3. The lowest BCUT2D eigenvalue weighted by Crippen LogP contribution is -2.45. The molecule has 4 heteroatoms. The molecule has 0 saturated carbocycles. The van der Waals surface area contributed by atoms with Gasteiger partial charge in [-0.25, -0.2) is 0 Å². The van der Waals surface area contributed by atoms with Gasteiger partial charge in [0.15, 0.2) is 0 Å². The summed E-state index contributed by atoms with van der Waals surface area (Å²) in [5.41, 5.74) is 1.35. The number of piperidine rings is 1. The summed E-state index contributed by atoms with van der Waals surface area (Å²) in [6, 6.07) is 11.4. The Labute approximate surface area is 121 Å². The van der Waals surface area contributed by atoms with Gasteiger partial charge < -0.3 is 5.11 Å². The van der Waals surface area contributed by atoms with Gasteiger partial charge in [-0.2, -0.15) is 0 Å². The first kappa shape index (κ1) is 15.0. The van der Waals surface area contributed by atoms with Crippen LogP contribution in [0.2, 0.25) is 0 Å². The third-order valence-corrected chi connectivity index (χ3v) is 4.34. The van der Waals surface area contributed by atoms with E-state index in [9.17, 15) is 4.79 Å². The molecule has 4 nitrogen and oxygen atoms in total. The van der Waals surface area contributed by atoms with E-state index >= 15 is 0 Å². The smallest absolute Gasteiger partial charge is 0.317 e. The second kappa shape index (κ2) is 6.86. The minimum absolute atomic E-state index is 0.138. The molecule has 1 atom stereocenters. The predicted octanol–water partition coefficient (Wildman–Crippen LogP) is 2.23. The number of carbonyl (C=O) groups is 1. The van der Waals surface area contributed by atoms with Crippen LogP contribution < -0.4 is 0 Å². The van der Waals surface area contributed by atoms with Crippen LogP contribution in [0.15, 0.2) is 30.3 Å². The van der Waals surface area contributed by atoms with Crippen molar-refractivity contribution >= 4 is 5.97 Å². The fourth-order valence-electron chi connectivity index (χ4n) is 3.00. The van der Waals surface area contributed by atoms with E-state index in [-0.39, 0.29) is 6.54 Å². The number of likely N-dealkylation sites (tertiary alicyclic amines) is 1. The molecule has 1 heterocycles. The van der Waals surface area contributed by atoms with Gasteiger partial charge in [0, 0.05) is 25.2 Å². The average molecular weight is 276 g/mol. The Hall–Kier alpha value is -1.39. The molecule has 1 aromatic carbocycles. The Morgan fingerprint density at radius 3 is 2.50 bits per heavy atom. The summed E-state index contributed by atoms with van der Waals surface area (Å²) < 4.78 is 0. The summed E-state index contributed by atoms with van der Waals surface area (Å²) in [6.45, 7) is 4.45. The minimum Gasteiger partial charge on any atom is -0.480 e.